The maximum atomic E-state index is 12.0. The summed E-state index contributed by atoms with van der Waals surface area (Å²) in [5.41, 5.74) is 2.85. The lowest BCUT2D eigenvalue weighted by molar-refractivity contribution is -0.118. The fraction of sp³-hybridized carbons (Fsp3) is 0.211. The summed E-state index contributed by atoms with van der Waals surface area (Å²) in [5, 5.41) is 10.8. The molecule has 1 unspecified atom stereocenters. The van der Waals surface area contributed by atoms with Crippen LogP contribution in [0.25, 0.3) is 11.0 Å². The summed E-state index contributed by atoms with van der Waals surface area (Å²) in [6.07, 6.45) is -0.959. The highest BCUT2D eigenvalue weighted by molar-refractivity contribution is 7.90. The van der Waals surface area contributed by atoms with Crippen LogP contribution in [-0.2, 0) is 21.2 Å². The third kappa shape index (κ3) is 3.92. The van der Waals surface area contributed by atoms with Crippen molar-refractivity contribution in [3.05, 3.63) is 65.5 Å². The Hall–Kier alpha value is -3.40. The molecule has 1 aliphatic heterocycles. The number of fused-ring (bicyclic) bond motifs is 1. The van der Waals surface area contributed by atoms with Gasteiger partial charge in [0.25, 0.3) is 0 Å². The quantitative estimate of drug-likeness (QED) is 0.503. The number of carboxylic acid groups (broad SMARTS) is 1. The third-order valence-corrected chi connectivity index (χ3v) is 6.53. The number of hydrogen-bond acceptors (Lipinski definition) is 5. The summed E-state index contributed by atoms with van der Waals surface area (Å²) in [6.45, 7) is 0. The van der Waals surface area contributed by atoms with Gasteiger partial charge in [-0.2, -0.15) is 0 Å². The number of imidazole rings is 1. The Balaban J connectivity index is 1.58. The highest BCUT2D eigenvalue weighted by Crippen LogP contribution is 2.30. The normalized spacial score (nSPS) is 19.0. The maximum Gasteiger partial charge on any atom is 0.405 e. The van der Waals surface area contributed by atoms with Gasteiger partial charge in [0.2, 0.25) is 15.9 Å². The Morgan fingerprint density at radius 2 is 1.93 bits per heavy atom. The lowest BCUT2D eigenvalue weighted by Gasteiger charge is -2.15. The number of aromatic amines is 1. The summed E-state index contributed by atoms with van der Waals surface area (Å²) >= 11 is 0. The van der Waals surface area contributed by atoms with Crippen molar-refractivity contribution in [2.24, 2.45) is 0 Å². The molecule has 3 aromatic rings. The molecule has 10 heteroatoms. The van der Waals surface area contributed by atoms with Crippen LogP contribution in [0.1, 0.15) is 34.7 Å². The Labute approximate surface area is 166 Å². The lowest BCUT2D eigenvalue weighted by atomic mass is 10.0. The summed E-state index contributed by atoms with van der Waals surface area (Å²) in [6, 6.07) is 13.5. The van der Waals surface area contributed by atoms with Crippen LogP contribution in [0.15, 0.2) is 48.5 Å². The monoisotopic (exact) mass is 414 g/mol. The fourth-order valence-electron chi connectivity index (χ4n) is 3.45. The molecule has 0 radical (unpaired) electrons. The van der Waals surface area contributed by atoms with Crippen LogP contribution in [-0.4, -0.2) is 35.5 Å². The van der Waals surface area contributed by atoms with Crippen LogP contribution >= 0.6 is 0 Å². The average Bonchev–Trinajstić information content (AvgIpc) is 3.21. The second kappa shape index (κ2) is 7.21. The zero-order valence-electron chi connectivity index (χ0n) is 15.1. The van der Waals surface area contributed by atoms with Crippen LogP contribution in [0.2, 0.25) is 0 Å². The van der Waals surface area contributed by atoms with E-state index in [4.69, 9.17) is 0 Å². The van der Waals surface area contributed by atoms with Gasteiger partial charge >= 0.3 is 6.09 Å². The van der Waals surface area contributed by atoms with E-state index in [0.717, 1.165) is 16.6 Å². The highest BCUT2D eigenvalue weighted by atomic mass is 32.2. The predicted octanol–water partition coefficient (Wildman–Crippen LogP) is 2.01. The number of para-hydroxylation sites is 2. The SMILES string of the molecule is O=C(O)N[C@@H](Cc1ccc(C2CC(=O)NS2(=O)=O)cc1)c1nc2ccccc2[nH]1. The smallest absolute Gasteiger partial charge is 0.405 e. The molecule has 4 rings (SSSR count). The van der Waals surface area contributed by atoms with Gasteiger partial charge in [-0.25, -0.2) is 18.2 Å². The van der Waals surface area contributed by atoms with Gasteiger partial charge in [-0.1, -0.05) is 36.4 Å². The molecule has 1 fully saturated rings. The minimum atomic E-state index is -3.70. The van der Waals surface area contributed by atoms with Crippen molar-refractivity contribution < 1.29 is 23.1 Å². The molecule has 0 saturated carbocycles. The van der Waals surface area contributed by atoms with Crippen molar-refractivity contribution in [2.75, 3.05) is 0 Å². The number of carbonyl (C=O) groups excluding carboxylic acids is 1. The van der Waals surface area contributed by atoms with E-state index in [-0.39, 0.29) is 6.42 Å². The van der Waals surface area contributed by atoms with E-state index in [1.165, 1.54) is 0 Å². The molecule has 0 spiro atoms. The lowest BCUT2D eigenvalue weighted by Crippen LogP contribution is -2.29. The van der Waals surface area contributed by atoms with Crippen LogP contribution in [0, 0.1) is 0 Å². The number of benzene rings is 2. The molecule has 1 saturated heterocycles. The largest absolute Gasteiger partial charge is 0.465 e. The number of nitrogens with zero attached hydrogens (tertiary/aromatic N) is 1. The van der Waals surface area contributed by atoms with E-state index in [0.29, 0.717) is 17.8 Å². The first-order chi connectivity index (χ1) is 13.8. The molecular formula is C19H18N4O5S. The number of aromatic nitrogens is 2. The molecule has 2 atom stereocenters. The number of carbonyl (C=O) groups is 2. The summed E-state index contributed by atoms with van der Waals surface area (Å²) in [7, 11) is -3.70. The molecular weight excluding hydrogens is 396 g/mol. The zero-order valence-corrected chi connectivity index (χ0v) is 15.9. The minimum absolute atomic E-state index is 0.107. The van der Waals surface area contributed by atoms with Gasteiger partial charge in [-0.15, -0.1) is 0 Å². The molecule has 2 amide bonds. The summed E-state index contributed by atoms with van der Waals surface area (Å²) in [4.78, 5) is 30.3. The second-order valence-corrected chi connectivity index (χ2v) is 8.71. The molecule has 1 aliphatic rings. The van der Waals surface area contributed by atoms with Crippen LogP contribution in [0.5, 0.6) is 0 Å². The number of nitrogens with one attached hydrogen (secondary N) is 3. The average molecular weight is 414 g/mol. The number of amides is 2. The molecule has 0 bridgehead atoms. The maximum absolute atomic E-state index is 12.0. The fourth-order valence-corrected chi connectivity index (χ4v) is 4.88. The molecule has 1 aromatic heterocycles. The highest BCUT2D eigenvalue weighted by Gasteiger charge is 2.37. The molecule has 0 aliphatic carbocycles. The van der Waals surface area contributed by atoms with Crippen molar-refractivity contribution >= 4 is 33.1 Å². The predicted molar refractivity (Wildman–Crippen MR) is 105 cm³/mol. The van der Waals surface area contributed by atoms with Crippen LogP contribution in [0.4, 0.5) is 4.79 Å². The molecule has 9 nitrogen and oxygen atoms in total. The minimum Gasteiger partial charge on any atom is -0.465 e. The molecule has 29 heavy (non-hydrogen) atoms. The molecule has 4 N–H and O–H groups in total. The molecule has 150 valence electrons. The summed E-state index contributed by atoms with van der Waals surface area (Å²) < 4.78 is 26.0. The van der Waals surface area contributed by atoms with Crippen molar-refractivity contribution in [1.82, 2.24) is 20.0 Å². The van der Waals surface area contributed by atoms with Gasteiger partial charge in [0, 0.05) is 6.42 Å². The van der Waals surface area contributed by atoms with Crippen molar-refractivity contribution in [3.8, 4) is 0 Å². The first-order valence-electron chi connectivity index (χ1n) is 8.89. The molecule has 2 heterocycles. The Bertz CT molecular complexity index is 1150. The number of H-pyrrole nitrogens is 1. The number of rotatable bonds is 5. The standard InChI is InChI=1S/C19H18N4O5S/c24-17-10-16(29(27,28)23-17)12-7-5-11(6-8-12)9-15(22-19(25)26)18-20-13-3-1-2-4-14(13)21-18/h1-8,15-16,22H,9-10H2,(H,20,21)(H,23,24)(H,25,26)/t15-,16?/m0/s1. The molecule has 2 aromatic carbocycles. The van der Waals surface area contributed by atoms with Gasteiger partial charge < -0.3 is 15.4 Å². The topological polar surface area (TPSA) is 141 Å². The van der Waals surface area contributed by atoms with Crippen molar-refractivity contribution in [2.45, 2.75) is 24.1 Å². The van der Waals surface area contributed by atoms with E-state index in [2.05, 4.69) is 15.3 Å². The Kier molecular flexibility index (Phi) is 4.71. The zero-order chi connectivity index (χ0) is 20.6. The number of hydrogen-bond donors (Lipinski definition) is 4. The van der Waals surface area contributed by atoms with Gasteiger partial charge in [0.15, 0.2) is 0 Å². The number of sulfonamides is 1. The van der Waals surface area contributed by atoms with Crippen molar-refractivity contribution in [3.63, 3.8) is 0 Å². The van der Waals surface area contributed by atoms with Crippen LogP contribution in [0.3, 0.4) is 0 Å². The van der Waals surface area contributed by atoms with Crippen LogP contribution < -0.4 is 10.0 Å². The second-order valence-electron chi connectivity index (χ2n) is 6.85. The van der Waals surface area contributed by atoms with Gasteiger partial charge in [0.1, 0.15) is 11.1 Å². The van der Waals surface area contributed by atoms with E-state index in [1.807, 2.05) is 29.0 Å². The van der Waals surface area contributed by atoms with Gasteiger partial charge in [-0.3, -0.25) is 9.52 Å². The van der Waals surface area contributed by atoms with E-state index >= 15 is 0 Å². The van der Waals surface area contributed by atoms with E-state index in [9.17, 15) is 23.1 Å². The van der Waals surface area contributed by atoms with E-state index in [1.54, 1.807) is 24.3 Å². The van der Waals surface area contributed by atoms with E-state index < -0.39 is 33.3 Å². The third-order valence-electron chi connectivity index (χ3n) is 4.83. The van der Waals surface area contributed by atoms with Crippen molar-refractivity contribution in [1.29, 1.82) is 0 Å². The first-order valence-corrected chi connectivity index (χ1v) is 10.4. The summed E-state index contributed by atoms with van der Waals surface area (Å²) in [5.74, 6) is -0.0273. The van der Waals surface area contributed by atoms with Gasteiger partial charge in [-0.05, 0) is 23.3 Å². The van der Waals surface area contributed by atoms with Gasteiger partial charge in [0.05, 0.1) is 23.5 Å². The first kappa shape index (κ1) is 18.9. The Morgan fingerprint density at radius 3 is 2.55 bits per heavy atom. The Morgan fingerprint density at radius 1 is 1.21 bits per heavy atom.